The monoisotopic (exact) mass is 1700 g/mol. The van der Waals surface area contributed by atoms with Crippen LogP contribution in [-0.2, 0) is 16.2 Å². The lowest BCUT2D eigenvalue weighted by molar-refractivity contribution is 0.659. The van der Waals surface area contributed by atoms with Gasteiger partial charge in [0.15, 0.2) is 0 Å². The van der Waals surface area contributed by atoms with E-state index < -0.39 is 0 Å². The summed E-state index contributed by atoms with van der Waals surface area (Å²) in [6, 6.07) is 174. The van der Waals surface area contributed by atoms with Crippen molar-refractivity contribution in [2.24, 2.45) is 0 Å². The maximum Gasteiger partial charge on any atom is 0.0541 e. The molecule has 0 radical (unpaired) electrons. The van der Waals surface area contributed by atoms with Crippen LogP contribution in [0.3, 0.4) is 0 Å². The van der Waals surface area contributed by atoms with Gasteiger partial charge >= 0.3 is 0 Å². The Hall–Kier alpha value is -16.4. The number of fused-ring (bicyclic) bond motifs is 15. The van der Waals surface area contributed by atoms with E-state index in [0.717, 1.165) is 34.1 Å². The minimum atomic E-state index is -0.196. The van der Waals surface area contributed by atoms with Crippen molar-refractivity contribution in [3.8, 4) is 123 Å². The summed E-state index contributed by atoms with van der Waals surface area (Å²) in [5, 5.41) is 5.09. The van der Waals surface area contributed by atoms with E-state index in [-0.39, 0.29) is 16.2 Å². The number of anilines is 6. The lowest BCUT2D eigenvalue weighted by Crippen LogP contribution is -2.17. The molecule has 0 bridgehead atoms. The van der Waals surface area contributed by atoms with Crippen LogP contribution < -0.4 is 9.80 Å². The van der Waals surface area contributed by atoms with Gasteiger partial charge in [-0.1, -0.05) is 351 Å². The molecule has 0 aliphatic heterocycles. The van der Waals surface area contributed by atoms with Gasteiger partial charge in [0.25, 0.3) is 0 Å². The van der Waals surface area contributed by atoms with Crippen molar-refractivity contribution in [1.82, 2.24) is 9.13 Å². The molecule has 0 N–H and O–H groups in total. The molecule has 4 heteroatoms. The molecule has 4 nitrogen and oxygen atoms in total. The van der Waals surface area contributed by atoms with Crippen LogP contribution in [0.1, 0.15) is 74.9 Å². The second-order valence-corrected chi connectivity index (χ2v) is 37.5. The molecule has 25 rings (SSSR count). The first-order valence-corrected chi connectivity index (χ1v) is 46.5. The summed E-state index contributed by atoms with van der Waals surface area (Å²) in [4.78, 5) is 4.71. The smallest absolute Gasteiger partial charge is 0.0541 e. The predicted molar refractivity (Wildman–Crippen MR) is 562 cm³/mol. The van der Waals surface area contributed by atoms with E-state index in [1.807, 2.05) is 0 Å². The fourth-order valence-corrected chi connectivity index (χ4v) is 21.8. The summed E-state index contributed by atoms with van der Waals surface area (Å²) in [5.74, 6) is 0. The Morgan fingerprint density at radius 3 is 0.684 bits per heavy atom. The summed E-state index contributed by atoms with van der Waals surface area (Å²) < 4.78 is 4.77. The summed E-state index contributed by atoms with van der Waals surface area (Å²) in [7, 11) is 0. The topological polar surface area (TPSA) is 16.3 Å². The second-order valence-electron chi connectivity index (χ2n) is 37.5. The van der Waals surface area contributed by atoms with Crippen molar-refractivity contribution < 1.29 is 0 Å². The Morgan fingerprint density at radius 1 is 0.150 bits per heavy atom. The van der Waals surface area contributed by atoms with Crippen LogP contribution >= 0.6 is 0 Å². The third-order valence-electron chi connectivity index (χ3n) is 28.8. The summed E-state index contributed by atoms with van der Waals surface area (Å²) in [6.45, 7) is 14.4. The molecule has 0 amide bonds. The van der Waals surface area contributed by atoms with Gasteiger partial charge < -0.3 is 18.9 Å². The predicted octanol–water partition coefficient (Wildman–Crippen LogP) is 35.1. The molecular weight excluding hydrogens is 1610 g/mol. The molecule has 133 heavy (non-hydrogen) atoms. The summed E-state index contributed by atoms with van der Waals surface area (Å²) >= 11 is 0. The van der Waals surface area contributed by atoms with Gasteiger partial charge in [-0.15, -0.1) is 0 Å². The first-order valence-electron chi connectivity index (χ1n) is 46.5. The molecule has 0 saturated carbocycles. The van der Waals surface area contributed by atoms with E-state index in [1.165, 1.54) is 200 Å². The van der Waals surface area contributed by atoms with Crippen LogP contribution in [0.25, 0.3) is 166 Å². The second kappa shape index (κ2) is 32.1. The quantitative estimate of drug-likeness (QED) is 0.102. The third kappa shape index (κ3) is 13.7. The maximum absolute atomic E-state index is 2.47. The minimum absolute atomic E-state index is 0.149. The summed E-state index contributed by atoms with van der Waals surface area (Å²) in [5.41, 5.74) is 46.9. The lowest BCUT2D eigenvalue weighted by atomic mass is 9.80. The maximum atomic E-state index is 2.47. The molecule has 632 valence electrons. The minimum Gasteiger partial charge on any atom is -0.311 e. The molecule has 2 heterocycles. The number of hydrogen-bond donors (Lipinski definition) is 0. The zero-order valence-electron chi connectivity index (χ0n) is 75.3. The van der Waals surface area contributed by atoms with Gasteiger partial charge in [0.2, 0.25) is 0 Å². The number of hydrogen-bond acceptors (Lipinski definition) is 2. The average Bonchev–Trinajstić information content (AvgIpc) is 1.56. The first kappa shape index (κ1) is 80.0. The van der Waals surface area contributed by atoms with E-state index >= 15 is 0 Å². The number of aromatic nitrogens is 2. The largest absolute Gasteiger partial charge is 0.311 e. The molecule has 0 unspecified atom stereocenters. The lowest BCUT2D eigenvalue weighted by Gasteiger charge is -2.28. The van der Waals surface area contributed by atoms with Crippen molar-refractivity contribution in [1.29, 1.82) is 0 Å². The van der Waals surface area contributed by atoms with Crippen LogP contribution in [-0.4, -0.2) is 9.13 Å². The fourth-order valence-electron chi connectivity index (χ4n) is 21.8. The average molecular weight is 1700 g/mol. The Morgan fingerprint density at radius 2 is 0.353 bits per heavy atom. The Bertz CT molecular complexity index is 8250. The summed E-state index contributed by atoms with van der Waals surface area (Å²) in [6.07, 6.45) is 0. The number of benzene rings is 20. The van der Waals surface area contributed by atoms with Crippen molar-refractivity contribution in [3.63, 3.8) is 0 Å². The molecule has 0 spiro atoms. The van der Waals surface area contributed by atoms with E-state index in [1.54, 1.807) is 0 Å². The van der Waals surface area contributed by atoms with Crippen LogP contribution in [0, 0.1) is 0 Å². The van der Waals surface area contributed by atoms with Gasteiger partial charge in [-0.25, -0.2) is 0 Å². The van der Waals surface area contributed by atoms with E-state index in [9.17, 15) is 0 Å². The highest BCUT2D eigenvalue weighted by molar-refractivity contribution is 6.12. The molecule has 2 aromatic heterocycles. The van der Waals surface area contributed by atoms with Gasteiger partial charge in [-0.3, -0.25) is 0 Å². The standard InChI is InChI=1S/C66H50N2.C63H46N2/c1-65(2)59-39-46(45-29-37-64-58(38-45)57-22-14-15-23-63(57)68(64)50-20-12-7-13-21-50)26-33-53(59)54-34-27-47(40-60(54)65)48-28-35-55-56-36-32-52(42-62(56)66(3,4)61(55)41-48)67(49-18-10-6-11-19-49)51-30-24-44(25-31-51)43-16-8-5-9-17-43;1-63(2)59-41-49(30-37-55(59)56-38-31-50(42-60(56)63)48-32-39-62-58(40-48)57-20-12-13-21-61(57)65(62)52-18-10-5-11-19-52)47-24-22-44(23-25-47)46-28-35-54(36-29-46)64(51-16-8-4-9-17-51)53-33-26-45(27-34-53)43-14-6-3-7-15-43/h5-42H,1-4H3;3-42H,1-2H3. The highest BCUT2D eigenvalue weighted by atomic mass is 15.1. The van der Waals surface area contributed by atoms with E-state index in [0.29, 0.717) is 0 Å². The molecular formula is C129H96N4. The van der Waals surface area contributed by atoms with Crippen LogP contribution in [0.5, 0.6) is 0 Å². The van der Waals surface area contributed by atoms with Crippen molar-refractivity contribution in [2.75, 3.05) is 9.80 Å². The molecule has 3 aliphatic rings. The molecule has 0 saturated heterocycles. The number of para-hydroxylation sites is 6. The van der Waals surface area contributed by atoms with Gasteiger partial charge in [-0.05, 0) is 308 Å². The Labute approximate surface area is 778 Å². The van der Waals surface area contributed by atoms with Crippen molar-refractivity contribution >= 4 is 77.7 Å². The Balaban J connectivity index is 0.000000147. The zero-order chi connectivity index (χ0) is 89.2. The third-order valence-corrected chi connectivity index (χ3v) is 28.8. The highest BCUT2D eigenvalue weighted by Crippen LogP contribution is 2.56. The fraction of sp³-hybridized carbons (Fsp3) is 0.0698. The molecule has 0 fully saturated rings. The molecule has 22 aromatic rings. The molecule has 0 atom stereocenters. The first-order chi connectivity index (χ1) is 65.2. The SMILES string of the molecule is CC1(C)c2cc(-c3ccc(-c4ccc(N(c5ccccc5)c5ccc(-c6ccccc6)cc5)cc4)cc3)ccc2-c2ccc(-c3ccc4c(c3)c3ccccc3n4-c3ccccc3)cc21.CC1(C)c2cc(-c3ccc4c(c3)C(C)(C)c3cc(N(c5ccccc5)c5ccc(-c6ccccc6)cc5)ccc3-4)ccc2-c2ccc(-c3ccc4c(c3)c3ccccc3n4-c3ccccc3)cc21. The van der Waals surface area contributed by atoms with E-state index in [2.05, 4.69) is 534 Å². The van der Waals surface area contributed by atoms with Crippen LogP contribution in [0.15, 0.2) is 473 Å². The van der Waals surface area contributed by atoms with Gasteiger partial charge in [-0.2, -0.15) is 0 Å². The van der Waals surface area contributed by atoms with Gasteiger partial charge in [0.1, 0.15) is 0 Å². The highest BCUT2D eigenvalue weighted by Gasteiger charge is 2.40. The van der Waals surface area contributed by atoms with Crippen molar-refractivity contribution in [2.45, 2.75) is 57.8 Å². The number of nitrogens with zero attached hydrogens (tertiary/aromatic N) is 4. The van der Waals surface area contributed by atoms with Crippen LogP contribution in [0.4, 0.5) is 34.1 Å². The Kier molecular flexibility index (Phi) is 19.3. The van der Waals surface area contributed by atoms with E-state index in [4.69, 9.17) is 0 Å². The van der Waals surface area contributed by atoms with Crippen molar-refractivity contribution in [3.05, 3.63) is 507 Å². The zero-order valence-corrected chi connectivity index (χ0v) is 75.3. The number of rotatable bonds is 15. The van der Waals surface area contributed by atoms with Crippen LogP contribution in [0.2, 0.25) is 0 Å². The van der Waals surface area contributed by atoms with Gasteiger partial charge in [0, 0.05) is 83.3 Å². The molecule has 3 aliphatic carbocycles. The normalized spacial score (nSPS) is 13.2. The van der Waals surface area contributed by atoms with Gasteiger partial charge in [0.05, 0.1) is 22.1 Å². The molecule has 20 aromatic carbocycles.